The van der Waals surface area contributed by atoms with Crippen LogP contribution in [0.2, 0.25) is 5.02 Å². The topological polar surface area (TPSA) is 54.5 Å². The van der Waals surface area contributed by atoms with Crippen molar-refractivity contribution in [1.82, 2.24) is 10.3 Å². The largest absolute Gasteiger partial charge is 0.493 e. The highest BCUT2D eigenvalue weighted by molar-refractivity contribution is 6.30. The minimum Gasteiger partial charge on any atom is -0.493 e. The third-order valence-electron chi connectivity index (χ3n) is 5.42. The van der Waals surface area contributed by atoms with Crippen molar-refractivity contribution in [2.45, 2.75) is 19.3 Å². The fraction of sp³-hybridized carbons (Fsp3) is 0.429. The molecule has 2 aliphatic heterocycles. The van der Waals surface area contributed by atoms with E-state index in [4.69, 9.17) is 16.3 Å². The summed E-state index contributed by atoms with van der Waals surface area (Å²) in [6.45, 7) is 3.02. The number of benzene rings is 1. The van der Waals surface area contributed by atoms with Gasteiger partial charge < -0.3 is 15.0 Å². The number of hydrogen-bond donors (Lipinski definition) is 1. The van der Waals surface area contributed by atoms with Gasteiger partial charge in [-0.05, 0) is 43.0 Å². The Morgan fingerprint density at radius 2 is 2.04 bits per heavy atom. The minimum atomic E-state index is 0.0744. The molecule has 1 fully saturated rings. The van der Waals surface area contributed by atoms with Crippen molar-refractivity contribution in [1.29, 1.82) is 0 Å². The van der Waals surface area contributed by atoms with Crippen LogP contribution in [0, 0.1) is 11.8 Å². The summed E-state index contributed by atoms with van der Waals surface area (Å²) in [5.41, 5.74) is 1.23. The molecule has 1 saturated heterocycles. The van der Waals surface area contributed by atoms with Crippen LogP contribution in [0.1, 0.15) is 18.4 Å². The minimum absolute atomic E-state index is 0.0744. The molecule has 1 aromatic carbocycles. The Hall–Kier alpha value is -2.27. The van der Waals surface area contributed by atoms with Gasteiger partial charge in [-0.15, -0.1) is 0 Å². The van der Waals surface area contributed by atoms with Crippen molar-refractivity contribution in [2.24, 2.45) is 11.8 Å². The standard InChI is InChI=1S/C21H24ClN3O2/c22-18-5-6-20(23-13-18)25-9-7-16(8-10-25)21(26)24-12-15-11-17-3-1-2-4-19(17)27-14-15/h1-6,13,15-16H,7-12,14H2,(H,24,26). The molecule has 1 amide bonds. The van der Waals surface area contributed by atoms with Crippen LogP contribution < -0.4 is 15.0 Å². The Morgan fingerprint density at radius 1 is 1.22 bits per heavy atom. The van der Waals surface area contributed by atoms with E-state index in [1.807, 2.05) is 30.3 Å². The molecule has 0 aliphatic carbocycles. The molecule has 6 heteroatoms. The molecule has 0 spiro atoms. The molecule has 0 bridgehead atoms. The zero-order valence-electron chi connectivity index (χ0n) is 15.2. The number of fused-ring (bicyclic) bond motifs is 1. The molecule has 1 N–H and O–H groups in total. The van der Waals surface area contributed by atoms with Gasteiger partial charge in [-0.3, -0.25) is 4.79 Å². The van der Waals surface area contributed by atoms with Gasteiger partial charge in [0.05, 0.1) is 11.6 Å². The summed E-state index contributed by atoms with van der Waals surface area (Å²) in [4.78, 5) is 19.2. The number of pyridine rings is 1. The van der Waals surface area contributed by atoms with Crippen LogP contribution >= 0.6 is 11.6 Å². The average molecular weight is 386 g/mol. The van der Waals surface area contributed by atoms with Crippen LogP contribution in [-0.4, -0.2) is 37.1 Å². The van der Waals surface area contributed by atoms with E-state index in [9.17, 15) is 4.79 Å². The molecule has 27 heavy (non-hydrogen) atoms. The number of ether oxygens (including phenoxy) is 1. The van der Waals surface area contributed by atoms with Gasteiger partial charge in [0.25, 0.3) is 0 Å². The first-order valence-electron chi connectivity index (χ1n) is 9.54. The normalized spacial score (nSPS) is 19.9. The van der Waals surface area contributed by atoms with E-state index < -0.39 is 0 Å². The fourth-order valence-electron chi connectivity index (χ4n) is 3.84. The summed E-state index contributed by atoms with van der Waals surface area (Å²) in [5, 5.41) is 3.79. The Morgan fingerprint density at radius 3 is 2.81 bits per heavy atom. The summed E-state index contributed by atoms with van der Waals surface area (Å²) in [6.07, 6.45) is 4.32. The Balaban J connectivity index is 1.24. The number of carbonyl (C=O) groups excluding carboxylic acids is 1. The van der Waals surface area contributed by atoms with E-state index in [-0.39, 0.29) is 11.8 Å². The lowest BCUT2D eigenvalue weighted by molar-refractivity contribution is -0.125. The molecule has 142 valence electrons. The second-order valence-corrected chi connectivity index (χ2v) is 7.77. The van der Waals surface area contributed by atoms with Crippen molar-refractivity contribution in [3.63, 3.8) is 0 Å². The zero-order chi connectivity index (χ0) is 18.6. The quantitative estimate of drug-likeness (QED) is 0.877. The predicted octanol–water partition coefficient (Wildman–Crippen LogP) is 3.32. The lowest BCUT2D eigenvalue weighted by atomic mass is 9.94. The van der Waals surface area contributed by atoms with E-state index in [0.29, 0.717) is 24.1 Å². The van der Waals surface area contributed by atoms with Crippen LogP contribution in [0.5, 0.6) is 5.75 Å². The number of aromatic nitrogens is 1. The average Bonchev–Trinajstić information content (AvgIpc) is 2.72. The van der Waals surface area contributed by atoms with Crippen LogP contribution in [0.15, 0.2) is 42.6 Å². The predicted molar refractivity (Wildman–Crippen MR) is 106 cm³/mol. The maximum atomic E-state index is 12.6. The summed E-state index contributed by atoms with van der Waals surface area (Å²) in [5.74, 6) is 2.48. The number of halogens is 1. The molecule has 1 aromatic heterocycles. The molecular formula is C21H24ClN3O2. The van der Waals surface area contributed by atoms with Crippen LogP contribution in [-0.2, 0) is 11.2 Å². The van der Waals surface area contributed by atoms with Crippen LogP contribution in [0.3, 0.4) is 0 Å². The third kappa shape index (κ3) is 4.35. The van der Waals surface area contributed by atoms with E-state index in [1.165, 1.54) is 5.56 Å². The number of amides is 1. The number of carbonyl (C=O) groups is 1. The zero-order valence-corrected chi connectivity index (χ0v) is 16.0. The van der Waals surface area contributed by atoms with Crippen molar-refractivity contribution >= 4 is 23.3 Å². The number of anilines is 1. The van der Waals surface area contributed by atoms with Crippen molar-refractivity contribution in [3.8, 4) is 5.75 Å². The highest BCUT2D eigenvalue weighted by Crippen LogP contribution is 2.27. The van der Waals surface area contributed by atoms with Gasteiger partial charge in [0.15, 0.2) is 0 Å². The Labute approximate surface area is 164 Å². The molecule has 2 aromatic rings. The second kappa shape index (κ2) is 8.17. The van der Waals surface area contributed by atoms with Crippen LogP contribution in [0.25, 0.3) is 0 Å². The maximum absolute atomic E-state index is 12.6. The molecule has 4 rings (SSSR count). The lowest BCUT2D eigenvalue weighted by Gasteiger charge is -2.32. The van der Waals surface area contributed by atoms with Gasteiger partial charge in [0.1, 0.15) is 11.6 Å². The SMILES string of the molecule is O=C(NCC1COc2ccccc2C1)C1CCN(c2ccc(Cl)cn2)CC1. The van der Waals surface area contributed by atoms with Crippen molar-refractivity contribution < 1.29 is 9.53 Å². The summed E-state index contributed by atoms with van der Waals surface area (Å²) < 4.78 is 5.81. The highest BCUT2D eigenvalue weighted by atomic mass is 35.5. The smallest absolute Gasteiger partial charge is 0.223 e. The number of nitrogens with zero attached hydrogens (tertiary/aromatic N) is 2. The van der Waals surface area contributed by atoms with Gasteiger partial charge in [0.2, 0.25) is 5.91 Å². The van der Waals surface area contributed by atoms with Gasteiger partial charge in [-0.25, -0.2) is 4.98 Å². The first-order valence-corrected chi connectivity index (χ1v) is 9.92. The van der Waals surface area contributed by atoms with Gasteiger partial charge in [0, 0.05) is 37.7 Å². The third-order valence-corrected chi connectivity index (χ3v) is 5.65. The summed E-state index contributed by atoms with van der Waals surface area (Å²) >= 11 is 5.90. The highest BCUT2D eigenvalue weighted by Gasteiger charge is 2.27. The Bertz CT molecular complexity index is 788. The summed E-state index contributed by atoms with van der Waals surface area (Å²) in [6, 6.07) is 11.9. The lowest BCUT2D eigenvalue weighted by Crippen LogP contribution is -2.43. The molecule has 1 unspecified atom stereocenters. The van der Waals surface area contributed by atoms with Crippen molar-refractivity contribution in [2.75, 3.05) is 31.1 Å². The molecule has 5 nitrogen and oxygen atoms in total. The first-order chi connectivity index (χ1) is 13.2. The Kier molecular flexibility index (Phi) is 5.48. The van der Waals surface area contributed by atoms with Gasteiger partial charge in [-0.2, -0.15) is 0 Å². The second-order valence-electron chi connectivity index (χ2n) is 7.33. The van der Waals surface area contributed by atoms with Gasteiger partial charge in [-0.1, -0.05) is 29.8 Å². The maximum Gasteiger partial charge on any atom is 0.223 e. The fourth-order valence-corrected chi connectivity index (χ4v) is 3.95. The monoisotopic (exact) mass is 385 g/mol. The molecule has 0 radical (unpaired) electrons. The number of para-hydroxylation sites is 1. The molecular weight excluding hydrogens is 362 g/mol. The molecule has 3 heterocycles. The van der Waals surface area contributed by atoms with E-state index >= 15 is 0 Å². The number of rotatable bonds is 4. The first kappa shape index (κ1) is 18.1. The summed E-state index contributed by atoms with van der Waals surface area (Å²) in [7, 11) is 0. The number of piperidine rings is 1. The molecule has 2 aliphatic rings. The van der Waals surface area contributed by atoms with E-state index in [0.717, 1.165) is 43.9 Å². The van der Waals surface area contributed by atoms with Crippen molar-refractivity contribution in [3.05, 3.63) is 53.2 Å². The van der Waals surface area contributed by atoms with E-state index in [2.05, 4.69) is 21.3 Å². The van der Waals surface area contributed by atoms with Gasteiger partial charge >= 0.3 is 0 Å². The number of nitrogens with one attached hydrogen (secondary N) is 1. The molecule has 1 atom stereocenters. The number of hydrogen-bond acceptors (Lipinski definition) is 4. The van der Waals surface area contributed by atoms with Crippen LogP contribution in [0.4, 0.5) is 5.82 Å². The molecule has 0 saturated carbocycles. The van der Waals surface area contributed by atoms with E-state index in [1.54, 1.807) is 6.20 Å².